The van der Waals surface area contributed by atoms with E-state index in [0.29, 0.717) is 5.82 Å². The van der Waals surface area contributed by atoms with Crippen molar-refractivity contribution in [1.29, 1.82) is 0 Å². The van der Waals surface area contributed by atoms with E-state index in [1.807, 2.05) is 31.2 Å². The molecule has 0 spiro atoms. The Morgan fingerprint density at radius 2 is 1.92 bits per heavy atom. The van der Waals surface area contributed by atoms with E-state index in [4.69, 9.17) is 0 Å². The summed E-state index contributed by atoms with van der Waals surface area (Å²) in [5, 5.41) is 2.71. The van der Waals surface area contributed by atoms with Gasteiger partial charge in [0.2, 0.25) is 0 Å². The molecule has 26 heavy (non-hydrogen) atoms. The molecule has 3 aromatic rings. The highest BCUT2D eigenvalue weighted by molar-refractivity contribution is 7.89. The molecule has 136 valence electrons. The Labute approximate surface area is 151 Å². The Kier molecular flexibility index (Phi) is 4.75. The first-order valence-electron chi connectivity index (χ1n) is 7.93. The van der Waals surface area contributed by atoms with Crippen molar-refractivity contribution in [3.63, 3.8) is 0 Å². The van der Waals surface area contributed by atoms with Crippen LogP contribution in [0.15, 0.2) is 47.6 Å². The molecule has 0 saturated carbocycles. The number of aromatic nitrogens is 3. The molecule has 9 heteroatoms. The molecular weight excluding hydrogens is 354 g/mol. The van der Waals surface area contributed by atoms with Gasteiger partial charge >= 0.3 is 0 Å². The number of nitrogens with zero attached hydrogens (tertiary/aromatic N) is 3. The number of rotatable bonds is 5. The highest BCUT2D eigenvalue weighted by Gasteiger charge is 2.20. The molecule has 2 heterocycles. The summed E-state index contributed by atoms with van der Waals surface area (Å²) in [5.74, 6) is 0.276. The number of pyridine rings is 1. The van der Waals surface area contributed by atoms with E-state index in [2.05, 4.69) is 20.3 Å². The minimum absolute atomic E-state index is 0.107. The largest absolute Gasteiger partial charge is 0.342 e. The number of hydrogen-bond donors (Lipinski definition) is 2. The van der Waals surface area contributed by atoms with Crippen LogP contribution in [0.1, 0.15) is 29.1 Å². The van der Waals surface area contributed by atoms with Crippen molar-refractivity contribution in [2.45, 2.75) is 18.0 Å². The number of carbonyl (C=O) groups excluding carboxylic acids is 1. The molecule has 2 N–H and O–H groups in total. The van der Waals surface area contributed by atoms with Gasteiger partial charge in [0, 0.05) is 20.3 Å². The number of amides is 1. The van der Waals surface area contributed by atoms with Crippen LogP contribution in [0.5, 0.6) is 0 Å². The van der Waals surface area contributed by atoms with Gasteiger partial charge in [0.25, 0.3) is 15.9 Å². The van der Waals surface area contributed by atoms with Crippen LogP contribution in [0.3, 0.4) is 0 Å². The molecule has 0 aliphatic heterocycles. The van der Waals surface area contributed by atoms with Gasteiger partial charge in [-0.05, 0) is 31.2 Å². The summed E-state index contributed by atoms with van der Waals surface area (Å²) >= 11 is 0. The van der Waals surface area contributed by atoms with Crippen LogP contribution in [-0.2, 0) is 10.0 Å². The quantitative estimate of drug-likeness (QED) is 0.708. The molecule has 0 bridgehead atoms. The number of para-hydroxylation sites is 2. The molecule has 3 rings (SSSR count). The number of sulfonamides is 1. The number of carbonyl (C=O) groups is 1. The second kappa shape index (κ2) is 6.85. The lowest BCUT2D eigenvalue weighted by Gasteiger charge is -2.12. The van der Waals surface area contributed by atoms with Gasteiger partial charge in [0.05, 0.1) is 22.6 Å². The Hall–Kier alpha value is -2.78. The second-order valence-corrected chi connectivity index (χ2v) is 8.11. The molecule has 2 aromatic heterocycles. The van der Waals surface area contributed by atoms with Crippen molar-refractivity contribution < 1.29 is 13.2 Å². The summed E-state index contributed by atoms with van der Waals surface area (Å²) in [5.41, 5.74) is 1.98. The topological polar surface area (TPSA) is 108 Å². The van der Waals surface area contributed by atoms with Crippen LogP contribution in [-0.4, -0.2) is 47.7 Å². The predicted octanol–water partition coefficient (Wildman–Crippen LogP) is 1.70. The van der Waals surface area contributed by atoms with Crippen molar-refractivity contribution in [3.8, 4) is 0 Å². The number of aromatic amines is 1. The maximum absolute atomic E-state index is 12.4. The molecular formula is C17H19N5O3S. The Morgan fingerprint density at radius 3 is 2.54 bits per heavy atom. The van der Waals surface area contributed by atoms with Gasteiger partial charge in [-0.2, -0.15) is 0 Å². The molecule has 8 nitrogen and oxygen atoms in total. The summed E-state index contributed by atoms with van der Waals surface area (Å²) in [7, 11) is -0.778. The number of H-pyrrole nitrogens is 1. The maximum Gasteiger partial charge on any atom is 0.260 e. The van der Waals surface area contributed by atoms with Crippen LogP contribution in [0, 0.1) is 0 Å². The van der Waals surface area contributed by atoms with E-state index in [1.54, 1.807) is 0 Å². The Bertz CT molecular complexity index is 1010. The van der Waals surface area contributed by atoms with Gasteiger partial charge < -0.3 is 10.3 Å². The van der Waals surface area contributed by atoms with E-state index >= 15 is 0 Å². The van der Waals surface area contributed by atoms with Crippen LogP contribution >= 0.6 is 0 Å². The third kappa shape index (κ3) is 3.44. The van der Waals surface area contributed by atoms with E-state index < -0.39 is 10.0 Å². The minimum Gasteiger partial charge on any atom is -0.342 e. The molecule has 0 aliphatic carbocycles. The van der Waals surface area contributed by atoms with Gasteiger partial charge in [0.1, 0.15) is 5.82 Å². The van der Waals surface area contributed by atoms with Crippen molar-refractivity contribution >= 4 is 27.0 Å². The average Bonchev–Trinajstić information content (AvgIpc) is 3.06. The van der Waals surface area contributed by atoms with E-state index in [9.17, 15) is 13.2 Å². The minimum atomic E-state index is -3.62. The molecule has 1 amide bonds. The average molecular weight is 373 g/mol. The lowest BCUT2D eigenvalue weighted by molar-refractivity contribution is 0.0938. The molecule has 1 unspecified atom stereocenters. The lowest BCUT2D eigenvalue weighted by Crippen LogP contribution is -2.28. The first kappa shape index (κ1) is 18.0. The predicted molar refractivity (Wildman–Crippen MR) is 97.1 cm³/mol. The highest BCUT2D eigenvalue weighted by atomic mass is 32.2. The third-order valence-corrected chi connectivity index (χ3v) is 5.64. The Morgan fingerprint density at radius 1 is 1.19 bits per heavy atom. The lowest BCUT2D eigenvalue weighted by atomic mass is 10.2. The summed E-state index contributed by atoms with van der Waals surface area (Å²) in [4.78, 5) is 23.9. The number of fused-ring (bicyclic) bond motifs is 1. The number of benzene rings is 1. The smallest absolute Gasteiger partial charge is 0.260 e. The number of hydrogen-bond acceptors (Lipinski definition) is 5. The summed E-state index contributed by atoms with van der Waals surface area (Å²) < 4.78 is 25.1. The van der Waals surface area contributed by atoms with E-state index in [0.717, 1.165) is 15.3 Å². The van der Waals surface area contributed by atoms with E-state index in [-0.39, 0.29) is 22.5 Å². The van der Waals surface area contributed by atoms with Gasteiger partial charge in [-0.3, -0.25) is 4.79 Å². The Balaban J connectivity index is 1.75. The molecule has 0 aliphatic rings. The summed E-state index contributed by atoms with van der Waals surface area (Å²) in [6.07, 6.45) is 1.25. The standard InChI is InChI=1S/C17H19N5O3S/c1-11(16-20-13-6-4-5-7-14(13)21-16)19-17(23)12-8-9-15(18-10-12)26(24,25)22(2)3/h4-11H,1-3H3,(H,19,23)(H,20,21). The summed E-state index contributed by atoms with van der Waals surface area (Å²) in [6.45, 7) is 1.81. The number of imidazole rings is 1. The molecule has 0 fully saturated rings. The SMILES string of the molecule is CC(NC(=O)c1ccc(S(=O)(=O)N(C)C)nc1)c1nc2ccccc2[nH]1. The van der Waals surface area contributed by atoms with Gasteiger partial charge in [-0.25, -0.2) is 22.7 Å². The van der Waals surface area contributed by atoms with E-state index in [1.165, 1.54) is 32.4 Å². The monoisotopic (exact) mass is 373 g/mol. The van der Waals surface area contributed by atoms with Crippen LogP contribution in [0.2, 0.25) is 0 Å². The zero-order valence-electron chi connectivity index (χ0n) is 14.6. The summed E-state index contributed by atoms with van der Waals surface area (Å²) in [6, 6.07) is 10.00. The normalized spacial score (nSPS) is 13.1. The first-order valence-corrected chi connectivity index (χ1v) is 9.37. The molecule has 1 atom stereocenters. The van der Waals surface area contributed by atoms with Gasteiger partial charge in [0.15, 0.2) is 5.03 Å². The fourth-order valence-corrected chi connectivity index (χ4v) is 3.18. The maximum atomic E-state index is 12.4. The zero-order valence-corrected chi connectivity index (χ0v) is 15.4. The fraction of sp³-hybridized carbons (Fsp3) is 0.235. The van der Waals surface area contributed by atoms with Crippen LogP contribution in [0.25, 0.3) is 11.0 Å². The zero-order chi connectivity index (χ0) is 18.9. The van der Waals surface area contributed by atoms with Crippen molar-refractivity contribution in [2.75, 3.05) is 14.1 Å². The van der Waals surface area contributed by atoms with Gasteiger partial charge in [-0.1, -0.05) is 12.1 Å². The molecule has 0 radical (unpaired) electrons. The third-order valence-electron chi connectivity index (χ3n) is 3.91. The fourth-order valence-electron chi connectivity index (χ4n) is 2.38. The number of nitrogens with one attached hydrogen (secondary N) is 2. The molecule has 1 aromatic carbocycles. The second-order valence-electron chi connectivity index (χ2n) is 6.01. The highest BCUT2D eigenvalue weighted by Crippen LogP contribution is 2.16. The van der Waals surface area contributed by atoms with Crippen LogP contribution < -0.4 is 5.32 Å². The molecule has 0 saturated heterocycles. The van der Waals surface area contributed by atoms with Gasteiger partial charge in [-0.15, -0.1) is 0 Å². The van der Waals surface area contributed by atoms with Crippen molar-refractivity contribution in [2.24, 2.45) is 0 Å². The first-order chi connectivity index (χ1) is 12.3. The van der Waals surface area contributed by atoms with Crippen molar-refractivity contribution in [3.05, 3.63) is 54.0 Å². The van der Waals surface area contributed by atoms with Crippen molar-refractivity contribution in [1.82, 2.24) is 24.6 Å². The van der Waals surface area contributed by atoms with Crippen LogP contribution in [0.4, 0.5) is 0 Å².